The molecule has 1 saturated heterocycles. The quantitative estimate of drug-likeness (QED) is 0.508. The maximum absolute atomic E-state index is 12.7. The molecule has 1 amide bonds. The minimum atomic E-state index is -0.257. The Bertz CT molecular complexity index is 1210. The second kappa shape index (κ2) is 7.96. The van der Waals surface area contributed by atoms with Gasteiger partial charge in [-0.15, -0.1) is 5.10 Å². The molecule has 1 unspecified atom stereocenters. The van der Waals surface area contributed by atoms with Gasteiger partial charge in [0, 0.05) is 35.9 Å². The smallest absolute Gasteiger partial charge is 0.246 e. The molecule has 4 aromatic rings. The number of rotatable bonds is 5. The molecule has 0 spiro atoms. The molecule has 30 heavy (non-hydrogen) atoms. The van der Waals surface area contributed by atoms with E-state index in [-0.39, 0.29) is 18.6 Å². The van der Waals surface area contributed by atoms with Gasteiger partial charge in [0.25, 0.3) is 0 Å². The number of morpholine rings is 1. The molecule has 1 aliphatic heterocycles. The molecule has 1 aromatic carbocycles. The number of amides is 1. The van der Waals surface area contributed by atoms with Crippen LogP contribution in [0.3, 0.4) is 0 Å². The normalized spacial score (nSPS) is 17.2. The van der Waals surface area contributed by atoms with Crippen LogP contribution in [-0.4, -0.2) is 68.3 Å². The average Bonchev–Trinajstić information content (AvgIpc) is 3.40. The predicted octanol–water partition coefficient (Wildman–Crippen LogP) is 1.68. The molecule has 1 atom stereocenters. The van der Waals surface area contributed by atoms with Crippen LogP contribution in [0.25, 0.3) is 28.1 Å². The van der Waals surface area contributed by atoms with Crippen LogP contribution in [0.1, 0.15) is 5.56 Å². The number of hydrogen-bond acceptors (Lipinski definition) is 6. The number of H-pyrrole nitrogens is 1. The van der Waals surface area contributed by atoms with Crippen molar-refractivity contribution in [3.63, 3.8) is 0 Å². The SMILES string of the molecule is O=C(/C=C/c1c[nH]c2ccccc12)N1CCOC(COn2nnc3cccnc32)C1. The lowest BCUT2D eigenvalue weighted by atomic mass is 10.1. The van der Waals surface area contributed by atoms with E-state index >= 15 is 0 Å². The van der Waals surface area contributed by atoms with Gasteiger partial charge < -0.3 is 19.5 Å². The second-order valence-corrected chi connectivity index (χ2v) is 7.00. The number of ether oxygens (including phenoxy) is 1. The maximum Gasteiger partial charge on any atom is 0.246 e. The standard InChI is InChI=1S/C21H20N6O3/c28-20(8-7-15-12-23-18-5-2-1-4-17(15)18)26-10-11-29-16(13-26)14-30-27-21-19(24-25-27)6-3-9-22-21/h1-9,12,16,23H,10-11,13-14H2/b8-7+. The van der Waals surface area contributed by atoms with Crippen molar-refractivity contribution in [3.8, 4) is 0 Å². The van der Waals surface area contributed by atoms with E-state index < -0.39 is 0 Å². The summed E-state index contributed by atoms with van der Waals surface area (Å²) in [5.74, 6) is -0.0542. The highest BCUT2D eigenvalue weighted by Crippen LogP contribution is 2.19. The van der Waals surface area contributed by atoms with E-state index in [0.29, 0.717) is 30.9 Å². The minimum Gasteiger partial charge on any atom is -0.391 e. The zero-order valence-electron chi connectivity index (χ0n) is 16.1. The Labute approximate surface area is 171 Å². The molecule has 0 bridgehead atoms. The summed E-state index contributed by atoms with van der Waals surface area (Å²) in [6, 6.07) is 11.6. The van der Waals surface area contributed by atoms with E-state index in [0.717, 1.165) is 16.5 Å². The van der Waals surface area contributed by atoms with Crippen molar-refractivity contribution < 1.29 is 14.4 Å². The number of aromatic nitrogens is 5. The van der Waals surface area contributed by atoms with E-state index in [9.17, 15) is 4.79 Å². The van der Waals surface area contributed by atoms with Gasteiger partial charge in [0.05, 0.1) is 13.2 Å². The van der Waals surface area contributed by atoms with Gasteiger partial charge in [-0.1, -0.05) is 23.0 Å². The van der Waals surface area contributed by atoms with E-state index in [1.165, 1.54) is 4.85 Å². The Hall–Kier alpha value is -3.72. The second-order valence-electron chi connectivity index (χ2n) is 7.00. The Morgan fingerprint density at radius 2 is 2.23 bits per heavy atom. The lowest BCUT2D eigenvalue weighted by Gasteiger charge is -2.31. The Balaban J connectivity index is 1.21. The van der Waals surface area contributed by atoms with Gasteiger partial charge in [0.1, 0.15) is 18.2 Å². The largest absolute Gasteiger partial charge is 0.391 e. The maximum atomic E-state index is 12.7. The fourth-order valence-electron chi connectivity index (χ4n) is 3.50. The number of carbonyl (C=O) groups is 1. The summed E-state index contributed by atoms with van der Waals surface area (Å²) in [5.41, 5.74) is 3.23. The number of benzene rings is 1. The van der Waals surface area contributed by atoms with Crippen LogP contribution < -0.4 is 4.84 Å². The molecule has 0 aliphatic carbocycles. The number of hydrogen-bond donors (Lipinski definition) is 1. The molecule has 1 aliphatic rings. The highest BCUT2D eigenvalue weighted by atomic mass is 16.7. The van der Waals surface area contributed by atoms with E-state index in [4.69, 9.17) is 9.57 Å². The van der Waals surface area contributed by atoms with E-state index in [2.05, 4.69) is 20.3 Å². The summed E-state index contributed by atoms with van der Waals surface area (Å²) >= 11 is 0. The number of nitrogens with one attached hydrogen (secondary N) is 1. The van der Waals surface area contributed by atoms with Crippen molar-refractivity contribution in [2.75, 3.05) is 26.3 Å². The van der Waals surface area contributed by atoms with Gasteiger partial charge in [-0.3, -0.25) is 4.79 Å². The summed E-state index contributed by atoms with van der Waals surface area (Å²) in [6.07, 6.45) is 6.75. The van der Waals surface area contributed by atoms with Gasteiger partial charge in [0.15, 0.2) is 0 Å². The molecule has 9 nitrogen and oxygen atoms in total. The van der Waals surface area contributed by atoms with Crippen LogP contribution in [0, 0.1) is 0 Å². The fraction of sp³-hybridized carbons (Fsp3) is 0.238. The summed E-state index contributed by atoms with van der Waals surface area (Å²) in [5, 5.41) is 9.04. The molecule has 3 aromatic heterocycles. The molecular formula is C21H20N6O3. The summed E-state index contributed by atoms with van der Waals surface area (Å²) in [7, 11) is 0. The fourth-order valence-corrected chi connectivity index (χ4v) is 3.50. The van der Waals surface area contributed by atoms with Crippen LogP contribution in [0.2, 0.25) is 0 Å². The molecule has 1 N–H and O–H groups in total. The zero-order valence-corrected chi connectivity index (χ0v) is 16.1. The topological polar surface area (TPSA) is 98.2 Å². The summed E-state index contributed by atoms with van der Waals surface area (Å²) in [4.78, 5) is 28.8. The van der Waals surface area contributed by atoms with Crippen molar-refractivity contribution in [1.29, 1.82) is 0 Å². The molecule has 0 saturated carbocycles. The predicted molar refractivity (Wildman–Crippen MR) is 110 cm³/mol. The van der Waals surface area contributed by atoms with Crippen LogP contribution in [-0.2, 0) is 9.53 Å². The molecular weight excluding hydrogens is 384 g/mol. The Morgan fingerprint density at radius 1 is 1.30 bits per heavy atom. The molecule has 4 heterocycles. The third kappa shape index (κ3) is 3.62. The first kappa shape index (κ1) is 18.3. The highest BCUT2D eigenvalue weighted by Gasteiger charge is 2.24. The minimum absolute atomic E-state index is 0.0542. The van der Waals surface area contributed by atoms with Crippen LogP contribution in [0.15, 0.2) is 54.9 Å². The first-order chi connectivity index (χ1) is 14.8. The number of nitrogens with zero attached hydrogens (tertiary/aromatic N) is 5. The van der Waals surface area contributed by atoms with Crippen molar-refractivity contribution in [1.82, 2.24) is 30.0 Å². The van der Waals surface area contributed by atoms with Crippen LogP contribution in [0.4, 0.5) is 0 Å². The number of aromatic amines is 1. The summed E-state index contributed by atoms with van der Waals surface area (Å²) in [6.45, 7) is 1.68. The van der Waals surface area contributed by atoms with E-state index in [1.54, 1.807) is 23.2 Å². The van der Waals surface area contributed by atoms with Gasteiger partial charge in [-0.05, 0) is 35.1 Å². The molecule has 1 fully saturated rings. The van der Waals surface area contributed by atoms with Crippen LogP contribution in [0.5, 0.6) is 0 Å². The third-order valence-electron chi connectivity index (χ3n) is 5.04. The lowest BCUT2D eigenvalue weighted by Crippen LogP contribution is -2.47. The number of fused-ring (bicyclic) bond motifs is 2. The number of pyridine rings is 1. The summed E-state index contributed by atoms with van der Waals surface area (Å²) < 4.78 is 5.75. The van der Waals surface area contributed by atoms with Crippen molar-refractivity contribution in [2.45, 2.75) is 6.10 Å². The first-order valence-corrected chi connectivity index (χ1v) is 9.72. The van der Waals surface area contributed by atoms with Crippen LogP contribution >= 0.6 is 0 Å². The van der Waals surface area contributed by atoms with Gasteiger partial charge in [-0.2, -0.15) is 0 Å². The average molecular weight is 404 g/mol. The molecule has 152 valence electrons. The molecule has 5 rings (SSSR count). The molecule has 0 radical (unpaired) electrons. The van der Waals surface area contributed by atoms with Gasteiger partial charge in [0.2, 0.25) is 11.6 Å². The monoisotopic (exact) mass is 404 g/mol. The zero-order chi connectivity index (χ0) is 20.3. The van der Waals surface area contributed by atoms with Crippen molar-refractivity contribution in [2.24, 2.45) is 0 Å². The highest BCUT2D eigenvalue weighted by molar-refractivity contribution is 5.96. The third-order valence-corrected chi connectivity index (χ3v) is 5.04. The Kier molecular flexibility index (Phi) is 4.86. The Morgan fingerprint density at radius 3 is 3.20 bits per heavy atom. The first-order valence-electron chi connectivity index (χ1n) is 9.72. The van der Waals surface area contributed by atoms with E-state index in [1.807, 2.05) is 42.6 Å². The molecule has 9 heteroatoms. The van der Waals surface area contributed by atoms with Gasteiger partial charge >= 0.3 is 0 Å². The van der Waals surface area contributed by atoms with Crippen molar-refractivity contribution >= 4 is 34.1 Å². The van der Waals surface area contributed by atoms with Gasteiger partial charge in [-0.25, -0.2) is 4.98 Å². The number of carbonyl (C=O) groups excluding carboxylic acids is 1. The van der Waals surface area contributed by atoms with Crippen molar-refractivity contribution in [3.05, 3.63) is 60.4 Å². The lowest BCUT2D eigenvalue weighted by molar-refractivity contribution is -0.136. The number of para-hydroxylation sites is 1.